The summed E-state index contributed by atoms with van der Waals surface area (Å²) in [5, 5.41) is 0. The molecule has 0 spiro atoms. The standard InChI is InChI=1S/C22H46O2Si/c1-5-7-9-11-13-15-17-19-21-23-25(3,4)24-22-20-18-16-14-12-10-8-6-2/h13,15H,5-12,14,16-22H2,1-4H3/b15-13+. The third kappa shape index (κ3) is 20.0. The van der Waals surface area contributed by atoms with Crippen molar-refractivity contribution in [3.63, 3.8) is 0 Å². The van der Waals surface area contributed by atoms with Crippen molar-refractivity contribution in [3.05, 3.63) is 12.2 Å². The molecule has 0 rings (SSSR count). The molecule has 0 radical (unpaired) electrons. The summed E-state index contributed by atoms with van der Waals surface area (Å²) in [6.07, 6.45) is 22.9. The number of unbranched alkanes of at least 4 members (excludes halogenated alkanes) is 11. The molecular weight excluding hydrogens is 324 g/mol. The van der Waals surface area contributed by atoms with Crippen LogP contribution in [0.2, 0.25) is 13.1 Å². The van der Waals surface area contributed by atoms with E-state index in [2.05, 4.69) is 39.1 Å². The molecule has 0 amide bonds. The van der Waals surface area contributed by atoms with Crippen LogP contribution in [-0.4, -0.2) is 21.8 Å². The van der Waals surface area contributed by atoms with E-state index in [0.29, 0.717) is 0 Å². The van der Waals surface area contributed by atoms with Gasteiger partial charge in [0.1, 0.15) is 0 Å². The molecule has 0 saturated heterocycles. The van der Waals surface area contributed by atoms with Crippen molar-refractivity contribution in [2.24, 2.45) is 0 Å². The highest BCUT2D eigenvalue weighted by Gasteiger charge is 2.23. The van der Waals surface area contributed by atoms with Gasteiger partial charge >= 0.3 is 8.56 Å². The Kier molecular flexibility index (Phi) is 18.6. The highest BCUT2D eigenvalue weighted by Crippen LogP contribution is 2.12. The molecule has 0 bridgehead atoms. The SMILES string of the molecule is CCCCC/C=C/CCCO[Si](C)(C)OCCCCCCCCCC. The van der Waals surface area contributed by atoms with Crippen LogP contribution in [0.25, 0.3) is 0 Å². The Morgan fingerprint density at radius 3 is 1.60 bits per heavy atom. The van der Waals surface area contributed by atoms with Crippen LogP contribution in [0.3, 0.4) is 0 Å². The molecular formula is C22H46O2Si. The van der Waals surface area contributed by atoms with Gasteiger partial charge in [-0.05, 0) is 45.2 Å². The minimum absolute atomic E-state index is 0.843. The fourth-order valence-electron chi connectivity index (χ4n) is 2.86. The van der Waals surface area contributed by atoms with Gasteiger partial charge in [0.15, 0.2) is 0 Å². The lowest BCUT2D eigenvalue weighted by Gasteiger charge is -2.22. The van der Waals surface area contributed by atoms with Crippen molar-refractivity contribution in [3.8, 4) is 0 Å². The van der Waals surface area contributed by atoms with Crippen LogP contribution in [0, 0.1) is 0 Å². The molecule has 0 fully saturated rings. The van der Waals surface area contributed by atoms with Gasteiger partial charge in [-0.2, -0.15) is 0 Å². The lowest BCUT2D eigenvalue weighted by atomic mass is 10.1. The Morgan fingerprint density at radius 2 is 1.00 bits per heavy atom. The molecule has 0 unspecified atom stereocenters. The first-order chi connectivity index (χ1) is 12.1. The summed E-state index contributed by atoms with van der Waals surface area (Å²) in [5.41, 5.74) is 0. The monoisotopic (exact) mass is 370 g/mol. The second-order valence-electron chi connectivity index (χ2n) is 7.68. The molecule has 0 aliphatic rings. The molecule has 0 aliphatic carbocycles. The summed E-state index contributed by atoms with van der Waals surface area (Å²) in [6.45, 7) is 10.6. The number of hydrogen-bond acceptors (Lipinski definition) is 2. The smallest absolute Gasteiger partial charge is 0.331 e. The first-order valence-corrected chi connectivity index (χ1v) is 13.9. The van der Waals surface area contributed by atoms with Gasteiger partial charge in [0.2, 0.25) is 0 Å². The van der Waals surface area contributed by atoms with Crippen LogP contribution in [0.15, 0.2) is 12.2 Å². The summed E-state index contributed by atoms with van der Waals surface area (Å²) in [6, 6.07) is 0. The average Bonchev–Trinajstić information content (AvgIpc) is 2.59. The van der Waals surface area contributed by atoms with Crippen LogP contribution < -0.4 is 0 Å². The second kappa shape index (κ2) is 18.7. The number of hydrogen-bond donors (Lipinski definition) is 0. The molecule has 150 valence electrons. The van der Waals surface area contributed by atoms with E-state index in [1.165, 1.54) is 77.0 Å². The fraction of sp³-hybridized carbons (Fsp3) is 0.909. The predicted molar refractivity (Wildman–Crippen MR) is 115 cm³/mol. The normalized spacial score (nSPS) is 12.3. The van der Waals surface area contributed by atoms with E-state index in [1.807, 2.05) is 0 Å². The molecule has 0 atom stereocenters. The van der Waals surface area contributed by atoms with E-state index < -0.39 is 8.56 Å². The van der Waals surface area contributed by atoms with Crippen molar-refractivity contribution in [1.29, 1.82) is 0 Å². The molecule has 2 nitrogen and oxygen atoms in total. The molecule has 25 heavy (non-hydrogen) atoms. The van der Waals surface area contributed by atoms with Crippen LogP contribution >= 0.6 is 0 Å². The van der Waals surface area contributed by atoms with Crippen molar-refractivity contribution >= 4 is 8.56 Å². The summed E-state index contributed by atoms with van der Waals surface area (Å²) in [7, 11) is -1.90. The summed E-state index contributed by atoms with van der Waals surface area (Å²) in [5.74, 6) is 0. The Bertz CT molecular complexity index is 290. The summed E-state index contributed by atoms with van der Waals surface area (Å²) < 4.78 is 12.1. The van der Waals surface area contributed by atoms with E-state index in [9.17, 15) is 0 Å². The Labute approximate surface area is 160 Å². The van der Waals surface area contributed by atoms with Gasteiger partial charge in [-0.25, -0.2) is 0 Å². The van der Waals surface area contributed by atoms with Gasteiger partial charge in [0.25, 0.3) is 0 Å². The van der Waals surface area contributed by atoms with E-state index in [1.54, 1.807) is 0 Å². The maximum Gasteiger partial charge on any atom is 0.331 e. The van der Waals surface area contributed by atoms with Crippen LogP contribution in [0.1, 0.15) is 104 Å². The molecule has 0 aromatic rings. The fourth-order valence-corrected chi connectivity index (χ4v) is 4.22. The summed E-state index contributed by atoms with van der Waals surface area (Å²) in [4.78, 5) is 0. The molecule has 0 heterocycles. The van der Waals surface area contributed by atoms with Crippen LogP contribution in [-0.2, 0) is 8.85 Å². The van der Waals surface area contributed by atoms with Gasteiger partial charge < -0.3 is 8.85 Å². The van der Waals surface area contributed by atoms with Gasteiger partial charge in [0, 0.05) is 13.2 Å². The van der Waals surface area contributed by atoms with E-state index in [4.69, 9.17) is 8.85 Å². The topological polar surface area (TPSA) is 18.5 Å². The zero-order valence-corrected chi connectivity index (χ0v) is 18.8. The quantitative estimate of drug-likeness (QED) is 0.131. The van der Waals surface area contributed by atoms with Gasteiger partial charge in [-0.3, -0.25) is 0 Å². The highest BCUT2D eigenvalue weighted by atomic mass is 28.4. The second-order valence-corrected chi connectivity index (χ2v) is 11.1. The average molecular weight is 371 g/mol. The van der Waals surface area contributed by atoms with Gasteiger partial charge in [0.05, 0.1) is 0 Å². The minimum Gasteiger partial charge on any atom is -0.395 e. The van der Waals surface area contributed by atoms with Crippen molar-refractivity contribution in [1.82, 2.24) is 0 Å². The van der Waals surface area contributed by atoms with Crippen molar-refractivity contribution in [2.75, 3.05) is 13.2 Å². The third-order valence-corrected chi connectivity index (χ3v) is 6.35. The van der Waals surface area contributed by atoms with Crippen molar-refractivity contribution in [2.45, 2.75) is 117 Å². The number of allylic oxidation sites excluding steroid dienone is 2. The zero-order valence-electron chi connectivity index (χ0n) is 17.8. The first-order valence-electron chi connectivity index (χ1n) is 11.0. The predicted octanol–water partition coefficient (Wildman–Crippen LogP) is 7.78. The van der Waals surface area contributed by atoms with Gasteiger partial charge in [-0.1, -0.05) is 83.8 Å². The lowest BCUT2D eigenvalue weighted by molar-refractivity contribution is 0.174. The van der Waals surface area contributed by atoms with E-state index in [-0.39, 0.29) is 0 Å². The molecule has 0 N–H and O–H groups in total. The maximum absolute atomic E-state index is 6.05. The Hall–Kier alpha value is -0.123. The Balaban J connectivity index is 3.40. The number of rotatable bonds is 19. The van der Waals surface area contributed by atoms with Gasteiger partial charge in [-0.15, -0.1) is 0 Å². The van der Waals surface area contributed by atoms with E-state index in [0.717, 1.165) is 26.1 Å². The highest BCUT2D eigenvalue weighted by molar-refractivity contribution is 6.64. The molecule has 0 aromatic carbocycles. The molecule has 0 saturated carbocycles. The molecule has 0 aromatic heterocycles. The first kappa shape index (κ1) is 24.9. The summed E-state index contributed by atoms with van der Waals surface area (Å²) >= 11 is 0. The minimum atomic E-state index is -1.90. The Morgan fingerprint density at radius 1 is 0.560 bits per heavy atom. The zero-order chi connectivity index (χ0) is 18.6. The molecule has 3 heteroatoms. The molecule has 0 aliphatic heterocycles. The van der Waals surface area contributed by atoms with Crippen LogP contribution in [0.5, 0.6) is 0 Å². The van der Waals surface area contributed by atoms with Crippen LogP contribution in [0.4, 0.5) is 0 Å². The van der Waals surface area contributed by atoms with E-state index >= 15 is 0 Å². The maximum atomic E-state index is 6.05. The lowest BCUT2D eigenvalue weighted by Crippen LogP contribution is -2.35. The van der Waals surface area contributed by atoms with Crippen molar-refractivity contribution < 1.29 is 8.85 Å². The largest absolute Gasteiger partial charge is 0.395 e. The third-order valence-electron chi connectivity index (χ3n) is 4.55.